The number of thiazole rings is 1. The van der Waals surface area contributed by atoms with Crippen LogP contribution in [0.25, 0.3) is 26.7 Å². The van der Waals surface area contributed by atoms with Crippen molar-refractivity contribution in [2.24, 2.45) is 30.7 Å². The molecule has 5 aromatic carbocycles. The molecule has 2 aromatic heterocycles. The van der Waals surface area contributed by atoms with Crippen LogP contribution in [-0.2, 0) is 40.5 Å². The third-order valence-corrected chi connectivity index (χ3v) is 13.6. The van der Waals surface area contributed by atoms with Gasteiger partial charge in [-0.25, -0.2) is 4.98 Å². The predicted octanol–water partition coefficient (Wildman–Crippen LogP) is 8.65. The number of nitrogens with zero attached hydrogens (tertiary/aromatic N) is 9. The first-order chi connectivity index (χ1) is 30.9. The first-order valence-corrected chi connectivity index (χ1v) is 25.2. The first kappa shape index (κ1) is 47.5. The van der Waals surface area contributed by atoms with Crippen LogP contribution in [0.3, 0.4) is 0 Å². The Bertz CT molecular complexity index is 3660. The molecule has 24 nitrogen and oxygen atoms in total. The van der Waals surface area contributed by atoms with Crippen molar-refractivity contribution in [2.75, 3.05) is 12.4 Å². The highest BCUT2D eigenvalue weighted by atomic mass is 35.5. The van der Waals surface area contributed by atoms with Crippen molar-refractivity contribution in [1.29, 1.82) is 0 Å². The molecular weight excluding hydrogens is 994 g/mol. The van der Waals surface area contributed by atoms with Gasteiger partial charge in [0.1, 0.15) is 38.1 Å². The van der Waals surface area contributed by atoms with E-state index in [1.807, 2.05) is 0 Å². The molecule has 0 fully saturated rings. The topological polar surface area (TPSA) is 372 Å². The molecule has 0 saturated carbocycles. The highest BCUT2D eigenvalue weighted by molar-refractivity contribution is 7.86. The summed E-state index contributed by atoms with van der Waals surface area (Å²) in [5, 5.41) is 49.9. The van der Waals surface area contributed by atoms with Gasteiger partial charge < -0.3 is 14.9 Å². The van der Waals surface area contributed by atoms with Gasteiger partial charge in [0.2, 0.25) is 11.0 Å². The van der Waals surface area contributed by atoms with Gasteiger partial charge in [0.15, 0.2) is 11.4 Å². The molecule has 0 aliphatic rings. The van der Waals surface area contributed by atoms with Crippen molar-refractivity contribution in [1.82, 2.24) is 14.8 Å². The molecule has 0 radical (unpaired) electrons. The molecule has 0 amide bonds. The van der Waals surface area contributed by atoms with Gasteiger partial charge in [-0.15, -0.1) is 30.7 Å². The number of halogens is 1. The van der Waals surface area contributed by atoms with Crippen LogP contribution < -0.4 is 4.74 Å². The van der Waals surface area contributed by atoms with Crippen LogP contribution in [0.1, 0.15) is 12.0 Å². The third-order valence-electron chi connectivity index (χ3n) is 8.99. The number of rotatable bonds is 15. The van der Waals surface area contributed by atoms with Crippen molar-refractivity contribution in [3.63, 3.8) is 0 Å². The van der Waals surface area contributed by atoms with E-state index in [0.29, 0.717) is 5.56 Å². The third kappa shape index (κ3) is 10.7. The number of ether oxygens (including phenoxy) is 1. The van der Waals surface area contributed by atoms with E-state index >= 15 is 0 Å². The number of aromatic hydroxyl groups is 2. The molecule has 0 unspecified atom stereocenters. The lowest BCUT2D eigenvalue weighted by Gasteiger charge is -2.11. The number of phenols is 1. The fraction of sp³-hybridized carbons (Fsp3) is 0.111. The van der Waals surface area contributed by atoms with E-state index in [9.17, 15) is 62.1 Å². The fourth-order valence-electron chi connectivity index (χ4n) is 6.02. The Morgan fingerprint density at radius 3 is 2.00 bits per heavy atom. The molecule has 0 saturated heterocycles. The maximum atomic E-state index is 12.7. The number of aryl methyl sites for hydroxylation is 1. The van der Waals surface area contributed by atoms with Gasteiger partial charge in [-0.05, 0) is 79.6 Å². The van der Waals surface area contributed by atoms with Gasteiger partial charge in [-0.3, -0.25) is 18.2 Å². The van der Waals surface area contributed by atoms with Gasteiger partial charge >= 0.3 is 0 Å². The second-order valence-electron chi connectivity index (χ2n) is 13.6. The Morgan fingerprint density at radius 2 is 1.33 bits per heavy atom. The van der Waals surface area contributed by atoms with Gasteiger partial charge in [-0.1, -0.05) is 29.0 Å². The maximum absolute atomic E-state index is 12.7. The Hall–Kier alpha value is -6.41. The molecule has 0 bridgehead atoms. The molecular formula is C36H28ClN9O15S5. The minimum atomic E-state index is -5.09. The number of hydrogen-bond donors (Lipinski definition) is 6. The number of benzene rings is 5. The summed E-state index contributed by atoms with van der Waals surface area (Å²) in [5.41, 5.74) is -0.261. The Balaban J connectivity index is 1.20. The highest BCUT2D eigenvalue weighted by Crippen LogP contribution is 2.44. The zero-order valence-corrected chi connectivity index (χ0v) is 37.8. The summed E-state index contributed by atoms with van der Waals surface area (Å²) in [6.07, 6.45) is 0.893. The molecule has 0 spiro atoms. The van der Waals surface area contributed by atoms with Gasteiger partial charge in [0.05, 0.1) is 39.5 Å². The van der Waals surface area contributed by atoms with E-state index in [1.165, 1.54) is 48.5 Å². The van der Waals surface area contributed by atoms with Crippen LogP contribution in [0.4, 0.5) is 33.6 Å². The molecule has 0 aliphatic heterocycles. The van der Waals surface area contributed by atoms with E-state index < -0.39 is 78.2 Å². The lowest BCUT2D eigenvalue weighted by atomic mass is 10.1. The van der Waals surface area contributed by atoms with E-state index in [0.717, 1.165) is 46.5 Å². The number of aromatic nitrogens is 3. The van der Waals surface area contributed by atoms with Crippen LogP contribution in [0, 0.1) is 6.92 Å². The highest BCUT2D eigenvalue weighted by Gasteiger charge is 2.24. The largest absolute Gasteiger partial charge is 0.505 e. The molecule has 6 N–H and O–H groups in total. The summed E-state index contributed by atoms with van der Waals surface area (Å²) >= 11 is 6.94. The smallest absolute Gasteiger partial charge is 0.297 e. The molecule has 344 valence electrons. The minimum absolute atomic E-state index is 0.0151. The van der Waals surface area contributed by atoms with E-state index in [1.54, 1.807) is 6.92 Å². The van der Waals surface area contributed by atoms with Crippen LogP contribution in [0.5, 0.6) is 17.4 Å². The average Bonchev–Trinajstić information content (AvgIpc) is 3.81. The van der Waals surface area contributed by atoms with Crippen LogP contribution in [-0.4, -0.2) is 89.2 Å². The maximum Gasteiger partial charge on any atom is 0.297 e. The number of fused-ring (bicyclic) bond motifs is 2. The number of hydrogen-bond acceptors (Lipinski definition) is 20. The summed E-state index contributed by atoms with van der Waals surface area (Å²) in [6.45, 7) is 1.35. The van der Waals surface area contributed by atoms with Crippen LogP contribution >= 0.6 is 22.9 Å². The summed E-state index contributed by atoms with van der Waals surface area (Å²) in [5.74, 6) is -1.87. The molecule has 7 aromatic rings. The molecule has 2 heterocycles. The lowest BCUT2D eigenvalue weighted by molar-refractivity contribution is 0.317. The van der Waals surface area contributed by atoms with Crippen molar-refractivity contribution >= 4 is 118 Å². The standard InChI is InChI=1S/C36H28ClN9O15S5/c1-18-13-27(29(61-11-2-12-63(49,50)51)16-26(18)42-45-36-39-32-30(62-36)14-19(37)15-31(32)65(55,56)57)43-40-24-9-8-23-22(33(24)47)7-10-25(34(23)66(58,59)60)41-44-28-17-38-46(35(28)48)20-3-5-21(6-4-20)64(52,53)54/h3-10,13-17,47-48H,2,11-12H2,1H3,(H,49,50,51)(H,52,53,54)(H,55,56,57)(H,58,59,60). The lowest BCUT2D eigenvalue weighted by Crippen LogP contribution is -2.08. The minimum Gasteiger partial charge on any atom is -0.505 e. The number of azo groups is 3. The second-order valence-corrected chi connectivity index (χ2v) is 20.8. The summed E-state index contributed by atoms with van der Waals surface area (Å²) < 4.78 is 140. The van der Waals surface area contributed by atoms with E-state index in [4.69, 9.17) is 16.3 Å². The zero-order valence-electron chi connectivity index (χ0n) is 32.9. The molecule has 0 atom stereocenters. The quantitative estimate of drug-likeness (QED) is 0.0318. The van der Waals surface area contributed by atoms with Gasteiger partial charge in [0.25, 0.3) is 40.5 Å². The second kappa shape index (κ2) is 18.1. The molecule has 0 aliphatic carbocycles. The van der Waals surface area contributed by atoms with Gasteiger partial charge in [-0.2, -0.15) is 43.5 Å². The Morgan fingerprint density at radius 1 is 0.697 bits per heavy atom. The van der Waals surface area contributed by atoms with Gasteiger partial charge in [0, 0.05) is 21.9 Å². The summed E-state index contributed by atoms with van der Waals surface area (Å²) in [4.78, 5) is 2.42. The van der Waals surface area contributed by atoms with Crippen molar-refractivity contribution in [2.45, 2.75) is 28.0 Å². The van der Waals surface area contributed by atoms with Crippen molar-refractivity contribution < 1.29 is 66.8 Å². The van der Waals surface area contributed by atoms with E-state index in [2.05, 4.69) is 40.8 Å². The first-order valence-electron chi connectivity index (χ1n) is 18.0. The number of phenolic OH excluding ortho intramolecular Hbond substituents is 1. The predicted molar refractivity (Wildman–Crippen MR) is 235 cm³/mol. The average molecular weight is 1020 g/mol. The normalized spacial score (nSPS) is 13.0. The Kier molecular flexibility index (Phi) is 13.0. The zero-order chi connectivity index (χ0) is 47.9. The van der Waals surface area contributed by atoms with Crippen LogP contribution in [0.2, 0.25) is 5.02 Å². The molecule has 7 rings (SSSR count). The van der Waals surface area contributed by atoms with Crippen molar-refractivity contribution in [3.05, 3.63) is 89.6 Å². The van der Waals surface area contributed by atoms with E-state index in [-0.39, 0.29) is 78.4 Å². The summed E-state index contributed by atoms with van der Waals surface area (Å²) in [6, 6.07) is 14.5. The monoisotopic (exact) mass is 1020 g/mol. The summed E-state index contributed by atoms with van der Waals surface area (Å²) in [7, 11) is -18.6. The molecule has 66 heavy (non-hydrogen) atoms. The Labute approximate surface area is 381 Å². The van der Waals surface area contributed by atoms with Crippen LogP contribution in [0.15, 0.2) is 124 Å². The SMILES string of the molecule is Cc1cc(N=Nc2ccc3c(S(=O)(=O)O)c(N=Nc4cnn(-c5ccc(S(=O)(=O)O)cc5)c4O)ccc3c2O)c(OCCCS(=O)(=O)O)cc1N=Nc1nc2c(S(=O)(=O)O)cc(Cl)cc2s1. The molecule has 30 heteroatoms. The fourth-order valence-corrected chi connectivity index (χ4v) is 9.75. The van der Waals surface area contributed by atoms with Crippen molar-refractivity contribution in [3.8, 4) is 23.1 Å².